The molecular formula is C15H21FN2O9. The van der Waals surface area contributed by atoms with Crippen molar-refractivity contribution in [1.29, 1.82) is 0 Å². The second kappa shape index (κ2) is 7.75. The van der Waals surface area contributed by atoms with Crippen LogP contribution in [-0.2, 0) is 14.2 Å². The summed E-state index contributed by atoms with van der Waals surface area (Å²) in [7, 11) is 0. The summed E-state index contributed by atoms with van der Waals surface area (Å²) in [4.78, 5) is 24.7. The minimum Gasteiger partial charge on any atom is -0.390 e. The molecule has 0 aliphatic carbocycles. The first kappa shape index (κ1) is 20.1. The van der Waals surface area contributed by atoms with Crippen molar-refractivity contribution in [2.45, 2.75) is 62.5 Å². The molecule has 2 fully saturated rings. The maximum Gasteiger partial charge on any atom is 0.330 e. The van der Waals surface area contributed by atoms with Gasteiger partial charge in [-0.3, -0.25) is 14.3 Å². The zero-order chi connectivity index (χ0) is 19.9. The summed E-state index contributed by atoms with van der Waals surface area (Å²) in [6, 6.07) is 0. The molecule has 0 bridgehead atoms. The van der Waals surface area contributed by atoms with Crippen LogP contribution in [0.3, 0.4) is 0 Å². The Bertz CT molecular complexity index is 783. The first-order valence-corrected chi connectivity index (χ1v) is 8.34. The highest BCUT2D eigenvalue weighted by Gasteiger charge is 2.43. The zero-order valence-electron chi connectivity index (χ0n) is 14.3. The van der Waals surface area contributed by atoms with Crippen LogP contribution in [0.4, 0.5) is 4.39 Å². The zero-order valence-corrected chi connectivity index (χ0v) is 14.3. The molecule has 0 radical (unpaired) electrons. The highest BCUT2D eigenvalue weighted by atomic mass is 19.1. The monoisotopic (exact) mass is 392 g/mol. The van der Waals surface area contributed by atoms with Gasteiger partial charge in [0, 0.05) is 6.42 Å². The van der Waals surface area contributed by atoms with Crippen LogP contribution in [0.15, 0.2) is 15.8 Å². The van der Waals surface area contributed by atoms with Crippen molar-refractivity contribution in [2.24, 2.45) is 0 Å². The summed E-state index contributed by atoms with van der Waals surface area (Å²) in [6.07, 6.45) is -8.74. The normalized spacial score (nSPS) is 39.6. The summed E-state index contributed by atoms with van der Waals surface area (Å²) in [5.74, 6) is -1.17. The number of hydrogen-bond acceptors (Lipinski definition) is 9. The van der Waals surface area contributed by atoms with Gasteiger partial charge in [-0.1, -0.05) is 0 Å². The first-order chi connectivity index (χ1) is 12.7. The van der Waals surface area contributed by atoms with Crippen molar-refractivity contribution in [1.82, 2.24) is 9.55 Å². The Morgan fingerprint density at radius 1 is 1.22 bits per heavy atom. The molecule has 2 aliphatic heterocycles. The van der Waals surface area contributed by atoms with E-state index in [4.69, 9.17) is 14.2 Å². The molecule has 1 aromatic rings. The maximum absolute atomic E-state index is 13.4. The van der Waals surface area contributed by atoms with Crippen LogP contribution in [0.25, 0.3) is 0 Å². The molecule has 2 aliphatic rings. The van der Waals surface area contributed by atoms with E-state index in [1.54, 1.807) is 4.98 Å². The number of halogens is 1. The molecule has 27 heavy (non-hydrogen) atoms. The molecule has 152 valence electrons. The lowest BCUT2D eigenvalue weighted by atomic mass is 10.00. The molecule has 3 heterocycles. The van der Waals surface area contributed by atoms with Crippen molar-refractivity contribution in [3.8, 4) is 0 Å². The molecule has 0 spiro atoms. The fraction of sp³-hybridized carbons (Fsp3) is 0.733. The summed E-state index contributed by atoms with van der Waals surface area (Å²) in [5.41, 5.74) is -2.05. The highest BCUT2D eigenvalue weighted by Crippen LogP contribution is 2.29. The smallest absolute Gasteiger partial charge is 0.330 e. The van der Waals surface area contributed by atoms with Crippen molar-refractivity contribution in [3.05, 3.63) is 32.9 Å². The predicted octanol–water partition coefficient (Wildman–Crippen LogP) is -2.83. The van der Waals surface area contributed by atoms with E-state index in [-0.39, 0.29) is 13.0 Å². The summed E-state index contributed by atoms with van der Waals surface area (Å²) in [5, 5.41) is 39.4. The molecule has 5 N–H and O–H groups in total. The number of nitrogens with zero attached hydrogens (tertiary/aromatic N) is 1. The van der Waals surface area contributed by atoms with E-state index in [1.807, 2.05) is 0 Å². The molecule has 11 nitrogen and oxygen atoms in total. The second-order valence-electron chi connectivity index (χ2n) is 6.59. The van der Waals surface area contributed by atoms with E-state index in [2.05, 4.69) is 0 Å². The number of H-pyrrole nitrogens is 1. The molecule has 0 saturated carbocycles. The van der Waals surface area contributed by atoms with E-state index < -0.39 is 66.2 Å². The second-order valence-corrected chi connectivity index (χ2v) is 6.59. The van der Waals surface area contributed by atoms with E-state index >= 15 is 0 Å². The van der Waals surface area contributed by atoms with Crippen molar-refractivity contribution in [2.75, 3.05) is 6.61 Å². The number of hydrogen-bond donors (Lipinski definition) is 5. The van der Waals surface area contributed by atoms with Gasteiger partial charge < -0.3 is 34.6 Å². The Labute approximate surface area is 151 Å². The number of rotatable bonds is 4. The standard InChI is InChI=1S/C15H21FN2O9/c1-5-10(20)11(21)12(22)14(26-5)25-4-8-7(19)2-9(27-8)18-3-6(16)13(23)17-15(18)24/h3,5,7-12,14,19-22H,2,4H2,1H3,(H,17,23,24)/t5-,7-,8+,9+,10-,11+,12+,14+/m0/s1. The summed E-state index contributed by atoms with van der Waals surface area (Å²) >= 11 is 0. The lowest BCUT2D eigenvalue weighted by molar-refractivity contribution is -0.298. The van der Waals surface area contributed by atoms with Gasteiger partial charge in [-0.05, 0) is 6.92 Å². The summed E-state index contributed by atoms with van der Waals surface area (Å²) < 4.78 is 30.3. The van der Waals surface area contributed by atoms with Crippen LogP contribution in [-0.4, -0.2) is 79.5 Å². The molecule has 2 saturated heterocycles. The van der Waals surface area contributed by atoms with Gasteiger partial charge in [-0.15, -0.1) is 0 Å². The van der Waals surface area contributed by atoms with Gasteiger partial charge in [0.1, 0.15) is 30.6 Å². The number of aliphatic hydroxyl groups is 4. The molecule has 12 heteroatoms. The number of aromatic nitrogens is 2. The van der Waals surface area contributed by atoms with Crippen LogP contribution in [0.1, 0.15) is 19.6 Å². The number of ether oxygens (including phenoxy) is 3. The van der Waals surface area contributed by atoms with Crippen LogP contribution in [0.2, 0.25) is 0 Å². The number of nitrogens with one attached hydrogen (secondary N) is 1. The van der Waals surface area contributed by atoms with Crippen LogP contribution >= 0.6 is 0 Å². The lowest BCUT2D eigenvalue weighted by Gasteiger charge is -2.39. The quantitative estimate of drug-likeness (QED) is 0.363. The summed E-state index contributed by atoms with van der Waals surface area (Å²) in [6.45, 7) is 1.22. The third-order valence-corrected chi connectivity index (χ3v) is 4.67. The molecule has 0 aromatic carbocycles. The van der Waals surface area contributed by atoms with E-state index in [0.29, 0.717) is 6.20 Å². The van der Waals surface area contributed by atoms with Gasteiger partial charge in [-0.2, -0.15) is 4.39 Å². The van der Waals surface area contributed by atoms with E-state index in [9.17, 15) is 34.4 Å². The molecule has 3 rings (SSSR count). The molecule has 1 aromatic heterocycles. The van der Waals surface area contributed by atoms with Gasteiger partial charge in [0.25, 0.3) is 5.56 Å². The number of aliphatic hydroxyl groups excluding tert-OH is 4. The third-order valence-electron chi connectivity index (χ3n) is 4.67. The Morgan fingerprint density at radius 2 is 1.93 bits per heavy atom. The van der Waals surface area contributed by atoms with Gasteiger partial charge in [0.05, 0.1) is 25.0 Å². The maximum atomic E-state index is 13.4. The third kappa shape index (κ3) is 3.96. The average Bonchev–Trinajstić information content (AvgIpc) is 2.98. The molecule has 0 amide bonds. The largest absolute Gasteiger partial charge is 0.390 e. The minimum atomic E-state index is -1.51. The van der Waals surface area contributed by atoms with Crippen molar-refractivity contribution in [3.63, 3.8) is 0 Å². The molecule has 0 unspecified atom stereocenters. The van der Waals surface area contributed by atoms with Crippen molar-refractivity contribution >= 4 is 0 Å². The van der Waals surface area contributed by atoms with E-state index in [1.165, 1.54) is 6.92 Å². The fourth-order valence-electron chi connectivity index (χ4n) is 3.05. The van der Waals surface area contributed by atoms with Gasteiger partial charge in [0.2, 0.25) is 5.82 Å². The Morgan fingerprint density at radius 3 is 2.63 bits per heavy atom. The van der Waals surface area contributed by atoms with E-state index in [0.717, 1.165) is 4.57 Å². The topological polar surface area (TPSA) is 163 Å². The first-order valence-electron chi connectivity index (χ1n) is 8.34. The number of aromatic amines is 1. The van der Waals surface area contributed by atoms with Gasteiger partial charge in [-0.25, -0.2) is 4.79 Å². The minimum absolute atomic E-state index is 0.0642. The Kier molecular flexibility index (Phi) is 5.76. The lowest BCUT2D eigenvalue weighted by Crippen LogP contribution is -2.57. The highest BCUT2D eigenvalue weighted by molar-refractivity contribution is 4.92. The molecular weight excluding hydrogens is 371 g/mol. The Balaban J connectivity index is 1.63. The van der Waals surface area contributed by atoms with Crippen LogP contribution in [0.5, 0.6) is 0 Å². The van der Waals surface area contributed by atoms with Crippen LogP contribution in [0, 0.1) is 5.82 Å². The molecule has 8 atom stereocenters. The van der Waals surface area contributed by atoms with Gasteiger partial charge in [0.15, 0.2) is 6.29 Å². The van der Waals surface area contributed by atoms with Gasteiger partial charge >= 0.3 is 5.69 Å². The van der Waals surface area contributed by atoms with Crippen LogP contribution < -0.4 is 11.2 Å². The average molecular weight is 392 g/mol. The SMILES string of the molecule is C[C@@H]1O[C@@H](OC[C@H]2O[C@@H](n3cc(F)c(=O)[nH]c3=O)C[C@@H]2O)[C@H](O)[C@H](O)[C@H]1O. The Hall–Kier alpha value is -1.67. The fourth-order valence-corrected chi connectivity index (χ4v) is 3.05. The van der Waals surface area contributed by atoms with Crippen molar-refractivity contribution < 1.29 is 39.0 Å². The predicted molar refractivity (Wildman–Crippen MR) is 84.1 cm³/mol.